The van der Waals surface area contributed by atoms with E-state index in [-0.39, 0.29) is 54.3 Å². The van der Waals surface area contributed by atoms with Gasteiger partial charge in [0.2, 0.25) is 0 Å². The van der Waals surface area contributed by atoms with E-state index >= 15 is 0 Å². The molecule has 3 rings (SSSR count). The van der Waals surface area contributed by atoms with Gasteiger partial charge in [-0.25, -0.2) is 0 Å². The van der Waals surface area contributed by atoms with Crippen molar-refractivity contribution in [1.29, 1.82) is 0 Å². The molecule has 3 aliphatic heterocycles. The Morgan fingerprint density at radius 3 is 1.64 bits per heavy atom. The molecule has 0 aromatic carbocycles. The molecule has 8 atom stereocenters. The fourth-order valence-electron chi connectivity index (χ4n) is 7.55. The van der Waals surface area contributed by atoms with Crippen LogP contribution in [0.5, 0.6) is 0 Å². The maximum atomic E-state index is 11.9. The SMILES string of the molecule is CCCCCCCCCC[C@@H](O)[C@@H]1CC[C@H]([C@H]2CC[C@@H]([C@@H](O)CCCCCCCCCC[C@H]3CC(CC(C)=O)C(=O)O3)O2)O1. The first-order chi connectivity index (χ1) is 21.4. The number of hydrogen-bond acceptors (Lipinski definition) is 7. The summed E-state index contributed by atoms with van der Waals surface area (Å²) in [4.78, 5) is 23.1. The molecule has 3 fully saturated rings. The topological polar surface area (TPSA) is 102 Å². The summed E-state index contributed by atoms with van der Waals surface area (Å²) in [6.45, 7) is 3.79. The van der Waals surface area contributed by atoms with Crippen molar-refractivity contribution in [3.05, 3.63) is 0 Å². The number of aliphatic hydroxyl groups is 2. The molecule has 7 heteroatoms. The maximum Gasteiger partial charge on any atom is 0.309 e. The summed E-state index contributed by atoms with van der Waals surface area (Å²) < 4.78 is 18.0. The van der Waals surface area contributed by atoms with Gasteiger partial charge in [0.1, 0.15) is 11.9 Å². The highest BCUT2D eigenvalue weighted by atomic mass is 16.6. The number of unbranched alkanes of at least 4 members (excludes halogenated alkanes) is 14. The number of carbonyl (C=O) groups is 2. The lowest BCUT2D eigenvalue weighted by Gasteiger charge is -2.24. The number of cyclic esters (lactones) is 1. The zero-order valence-electron chi connectivity index (χ0n) is 28.2. The van der Waals surface area contributed by atoms with Gasteiger partial charge in [0.25, 0.3) is 0 Å². The number of rotatable bonds is 25. The van der Waals surface area contributed by atoms with E-state index in [0.29, 0.717) is 12.8 Å². The lowest BCUT2D eigenvalue weighted by atomic mass is 9.96. The van der Waals surface area contributed by atoms with Crippen LogP contribution in [-0.4, -0.2) is 64.7 Å². The first-order valence-corrected chi connectivity index (χ1v) is 18.7. The third-order valence-electron chi connectivity index (χ3n) is 10.3. The van der Waals surface area contributed by atoms with Crippen LogP contribution in [0.2, 0.25) is 0 Å². The summed E-state index contributed by atoms with van der Waals surface area (Å²) in [5.41, 5.74) is 0. The van der Waals surface area contributed by atoms with E-state index in [1.165, 1.54) is 77.6 Å². The van der Waals surface area contributed by atoms with Crippen molar-refractivity contribution in [3.63, 3.8) is 0 Å². The molecule has 0 amide bonds. The summed E-state index contributed by atoms with van der Waals surface area (Å²) in [5, 5.41) is 21.4. The van der Waals surface area contributed by atoms with E-state index in [0.717, 1.165) is 77.0 Å². The third-order valence-corrected chi connectivity index (χ3v) is 10.3. The van der Waals surface area contributed by atoms with Gasteiger partial charge in [-0.15, -0.1) is 0 Å². The van der Waals surface area contributed by atoms with Crippen molar-refractivity contribution in [2.75, 3.05) is 0 Å². The van der Waals surface area contributed by atoms with E-state index in [1.807, 2.05) is 0 Å². The second kappa shape index (κ2) is 21.7. The Labute approximate surface area is 268 Å². The minimum absolute atomic E-state index is 0.00211. The molecule has 0 aromatic heterocycles. The van der Waals surface area contributed by atoms with Crippen molar-refractivity contribution in [1.82, 2.24) is 0 Å². The molecule has 3 heterocycles. The van der Waals surface area contributed by atoms with Crippen LogP contribution >= 0.6 is 0 Å². The first kappa shape index (κ1) is 37.4. The molecule has 0 bridgehead atoms. The lowest BCUT2D eigenvalue weighted by molar-refractivity contribution is -0.145. The number of aliphatic hydroxyl groups excluding tert-OH is 2. The van der Waals surface area contributed by atoms with Crippen molar-refractivity contribution in [2.45, 2.75) is 217 Å². The van der Waals surface area contributed by atoms with Crippen LogP contribution < -0.4 is 0 Å². The average molecular weight is 623 g/mol. The van der Waals surface area contributed by atoms with E-state index in [4.69, 9.17) is 14.2 Å². The summed E-state index contributed by atoms with van der Waals surface area (Å²) >= 11 is 0. The van der Waals surface area contributed by atoms with Gasteiger partial charge in [-0.2, -0.15) is 0 Å². The minimum Gasteiger partial charge on any atom is -0.462 e. The molecular formula is C37H66O7. The van der Waals surface area contributed by atoms with Gasteiger partial charge in [0.05, 0.1) is 42.5 Å². The molecule has 0 saturated carbocycles. The van der Waals surface area contributed by atoms with Crippen molar-refractivity contribution in [2.24, 2.45) is 5.92 Å². The van der Waals surface area contributed by atoms with E-state index < -0.39 is 6.10 Å². The molecule has 0 aliphatic carbocycles. The molecule has 0 spiro atoms. The number of hydrogen-bond donors (Lipinski definition) is 2. The summed E-state index contributed by atoms with van der Waals surface area (Å²) in [5.74, 6) is -0.348. The van der Waals surface area contributed by atoms with Crippen LogP contribution in [0.4, 0.5) is 0 Å². The van der Waals surface area contributed by atoms with Gasteiger partial charge in [-0.1, -0.05) is 103 Å². The van der Waals surface area contributed by atoms with E-state index in [9.17, 15) is 19.8 Å². The number of esters is 1. The first-order valence-electron chi connectivity index (χ1n) is 18.7. The Kier molecular flexibility index (Phi) is 18.5. The van der Waals surface area contributed by atoms with E-state index in [1.54, 1.807) is 0 Å². The average Bonchev–Trinajstić information content (AvgIpc) is 3.75. The van der Waals surface area contributed by atoms with Crippen LogP contribution in [-0.2, 0) is 23.8 Å². The Hall–Kier alpha value is -1.02. The fourth-order valence-corrected chi connectivity index (χ4v) is 7.55. The number of carbonyl (C=O) groups excluding carboxylic acids is 2. The van der Waals surface area contributed by atoms with Crippen LogP contribution in [0.25, 0.3) is 0 Å². The molecular weight excluding hydrogens is 556 g/mol. The largest absolute Gasteiger partial charge is 0.462 e. The Bertz CT molecular complexity index is 788. The van der Waals surface area contributed by atoms with Crippen LogP contribution in [0, 0.1) is 5.92 Å². The molecule has 0 aromatic rings. The fraction of sp³-hybridized carbons (Fsp3) is 0.946. The smallest absolute Gasteiger partial charge is 0.309 e. The van der Waals surface area contributed by atoms with Gasteiger partial charge in [-0.05, 0) is 64.7 Å². The third kappa shape index (κ3) is 14.2. The highest BCUT2D eigenvalue weighted by molar-refractivity contribution is 5.83. The summed E-state index contributed by atoms with van der Waals surface area (Å²) in [6, 6.07) is 0. The Balaban J connectivity index is 1.13. The van der Waals surface area contributed by atoms with Gasteiger partial charge in [0.15, 0.2) is 0 Å². The van der Waals surface area contributed by atoms with Crippen molar-refractivity contribution >= 4 is 11.8 Å². The number of ketones is 1. The van der Waals surface area contributed by atoms with Gasteiger partial charge < -0.3 is 29.2 Å². The second-order valence-corrected chi connectivity index (χ2v) is 14.3. The molecule has 7 nitrogen and oxygen atoms in total. The van der Waals surface area contributed by atoms with Crippen LogP contribution in [0.3, 0.4) is 0 Å². The molecule has 256 valence electrons. The number of ether oxygens (including phenoxy) is 3. The molecule has 44 heavy (non-hydrogen) atoms. The zero-order chi connectivity index (χ0) is 31.6. The molecule has 0 radical (unpaired) electrons. The predicted octanol–water partition coefficient (Wildman–Crippen LogP) is 8.15. The summed E-state index contributed by atoms with van der Waals surface area (Å²) in [7, 11) is 0. The van der Waals surface area contributed by atoms with Gasteiger partial charge in [0, 0.05) is 6.42 Å². The van der Waals surface area contributed by atoms with E-state index in [2.05, 4.69) is 6.92 Å². The monoisotopic (exact) mass is 622 g/mol. The lowest BCUT2D eigenvalue weighted by Crippen LogP contribution is -2.33. The minimum atomic E-state index is -0.399. The number of Topliss-reactive ketones (excluding diaryl/α,β-unsaturated/α-hetero) is 1. The van der Waals surface area contributed by atoms with Crippen LogP contribution in [0.15, 0.2) is 0 Å². The zero-order valence-corrected chi connectivity index (χ0v) is 28.2. The van der Waals surface area contributed by atoms with Gasteiger partial charge >= 0.3 is 5.97 Å². The predicted molar refractivity (Wildman–Crippen MR) is 174 cm³/mol. The molecule has 3 saturated heterocycles. The molecule has 1 unspecified atom stereocenters. The van der Waals surface area contributed by atoms with Crippen molar-refractivity contribution in [3.8, 4) is 0 Å². The highest BCUT2D eigenvalue weighted by Gasteiger charge is 2.40. The normalized spacial score (nSPS) is 28.4. The Morgan fingerprint density at radius 1 is 0.705 bits per heavy atom. The molecule has 2 N–H and O–H groups in total. The highest BCUT2D eigenvalue weighted by Crippen LogP contribution is 2.35. The summed E-state index contributed by atoms with van der Waals surface area (Å²) in [6.07, 6.45) is 26.0. The van der Waals surface area contributed by atoms with Crippen LogP contribution in [0.1, 0.15) is 174 Å². The second-order valence-electron chi connectivity index (χ2n) is 14.3. The Morgan fingerprint density at radius 2 is 1.16 bits per heavy atom. The standard InChI is InChI=1S/C37H66O7/c1-3-4-5-6-7-11-14-17-20-31(39)33-22-24-35(43-33)36-25-23-34(44-36)32(40)21-18-15-12-9-8-10-13-16-19-30-27-29(26-28(2)38)37(41)42-30/h29-36,39-40H,3-27H2,1-2H3/t29?,30-,31+,32-,33-,34-,35+,36+/m0/s1. The van der Waals surface area contributed by atoms with Gasteiger partial charge in [-0.3, -0.25) is 4.79 Å². The maximum absolute atomic E-state index is 11.9. The quantitative estimate of drug-likeness (QED) is 0.0782. The molecule has 3 aliphatic rings. The van der Waals surface area contributed by atoms with Crippen molar-refractivity contribution < 1.29 is 34.0 Å².